The van der Waals surface area contributed by atoms with Crippen molar-refractivity contribution in [1.29, 1.82) is 0 Å². The Balaban J connectivity index is 1.64. The number of rotatable bonds is 7. The lowest BCUT2D eigenvalue weighted by Gasteiger charge is -2.17. The van der Waals surface area contributed by atoms with Gasteiger partial charge < -0.3 is 14.8 Å². The number of benzene rings is 3. The molecule has 138 valence electrons. The van der Waals surface area contributed by atoms with Gasteiger partial charge in [-0.1, -0.05) is 49.4 Å². The molecule has 0 heterocycles. The van der Waals surface area contributed by atoms with E-state index in [2.05, 4.69) is 17.4 Å². The third-order valence-electron chi connectivity index (χ3n) is 4.26. The lowest BCUT2D eigenvalue weighted by atomic mass is 10.1. The zero-order valence-electron chi connectivity index (χ0n) is 15.5. The summed E-state index contributed by atoms with van der Waals surface area (Å²) in [6.07, 6.45) is 0.0114. The molecule has 1 amide bonds. The highest BCUT2D eigenvalue weighted by molar-refractivity contribution is 5.94. The van der Waals surface area contributed by atoms with E-state index >= 15 is 0 Å². The first-order valence-corrected chi connectivity index (χ1v) is 8.96. The molecule has 0 fully saturated rings. The van der Waals surface area contributed by atoms with E-state index in [-0.39, 0.29) is 5.91 Å². The molecule has 1 N–H and O–H groups in total. The van der Waals surface area contributed by atoms with Crippen molar-refractivity contribution in [3.8, 4) is 22.6 Å². The van der Waals surface area contributed by atoms with Gasteiger partial charge in [-0.15, -0.1) is 0 Å². The van der Waals surface area contributed by atoms with Gasteiger partial charge in [0.15, 0.2) is 6.10 Å². The normalized spacial score (nSPS) is 11.5. The molecule has 3 aromatic rings. The summed E-state index contributed by atoms with van der Waals surface area (Å²) in [5.41, 5.74) is 2.97. The zero-order chi connectivity index (χ0) is 19.1. The van der Waals surface area contributed by atoms with E-state index in [0.717, 1.165) is 16.9 Å². The van der Waals surface area contributed by atoms with Crippen LogP contribution in [0.4, 0.5) is 5.69 Å². The lowest BCUT2D eigenvalue weighted by Crippen LogP contribution is -2.32. The van der Waals surface area contributed by atoms with Crippen molar-refractivity contribution in [3.63, 3.8) is 0 Å². The van der Waals surface area contributed by atoms with Crippen molar-refractivity contribution in [2.45, 2.75) is 19.4 Å². The highest BCUT2D eigenvalue weighted by Crippen LogP contribution is 2.23. The van der Waals surface area contributed by atoms with Gasteiger partial charge in [0.2, 0.25) is 0 Å². The van der Waals surface area contributed by atoms with Crippen molar-refractivity contribution in [1.82, 2.24) is 0 Å². The minimum absolute atomic E-state index is 0.171. The van der Waals surface area contributed by atoms with Gasteiger partial charge in [0.1, 0.15) is 11.5 Å². The first-order chi connectivity index (χ1) is 13.2. The van der Waals surface area contributed by atoms with Crippen LogP contribution in [0.15, 0.2) is 78.9 Å². The SMILES string of the molecule is CC[C@H](Oc1ccc(-c2ccccc2)cc1)C(=O)Nc1ccc(OC)cc1. The summed E-state index contributed by atoms with van der Waals surface area (Å²) in [4.78, 5) is 12.5. The lowest BCUT2D eigenvalue weighted by molar-refractivity contribution is -0.122. The molecule has 27 heavy (non-hydrogen) atoms. The molecule has 3 rings (SSSR count). The Morgan fingerprint density at radius 1 is 0.852 bits per heavy atom. The maximum absolute atomic E-state index is 12.5. The van der Waals surface area contributed by atoms with Crippen LogP contribution in [0.2, 0.25) is 0 Å². The first kappa shape index (κ1) is 18.5. The van der Waals surface area contributed by atoms with Gasteiger partial charge in [0, 0.05) is 5.69 Å². The van der Waals surface area contributed by atoms with E-state index in [1.165, 1.54) is 0 Å². The fourth-order valence-corrected chi connectivity index (χ4v) is 2.74. The number of nitrogens with one attached hydrogen (secondary N) is 1. The van der Waals surface area contributed by atoms with E-state index in [0.29, 0.717) is 17.9 Å². The van der Waals surface area contributed by atoms with Gasteiger partial charge in [0.25, 0.3) is 5.91 Å². The number of hydrogen-bond donors (Lipinski definition) is 1. The third-order valence-corrected chi connectivity index (χ3v) is 4.26. The minimum atomic E-state index is -0.560. The van der Waals surface area contributed by atoms with Crippen LogP contribution >= 0.6 is 0 Å². The van der Waals surface area contributed by atoms with Gasteiger partial charge in [-0.25, -0.2) is 0 Å². The highest BCUT2D eigenvalue weighted by Gasteiger charge is 2.18. The standard InChI is InChI=1S/C23H23NO3/c1-3-22(23(25)24-19-11-15-20(26-2)16-12-19)27-21-13-9-18(10-14-21)17-7-5-4-6-8-17/h4-16,22H,3H2,1-2H3,(H,24,25)/t22-/m0/s1. The Hall–Kier alpha value is -3.27. The van der Waals surface area contributed by atoms with Crippen LogP contribution < -0.4 is 14.8 Å². The molecule has 0 bridgehead atoms. The van der Waals surface area contributed by atoms with Gasteiger partial charge in [0.05, 0.1) is 7.11 Å². The second-order valence-corrected chi connectivity index (χ2v) is 6.12. The summed E-state index contributed by atoms with van der Waals surface area (Å²) in [5.74, 6) is 1.25. The molecule has 0 unspecified atom stereocenters. The van der Waals surface area contributed by atoms with Crippen molar-refractivity contribution >= 4 is 11.6 Å². The molecule has 1 atom stereocenters. The number of ether oxygens (including phenoxy) is 2. The molecule has 0 saturated heterocycles. The molecule has 0 aliphatic rings. The number of hydrogen-bond acceptors (Lipinski definition) is 3. The van der Waals surface area contributed by atoms with Gasteiger partial charge in [-0.2, -0.15) is 0 Å². The topological polar surface area (TPSA) is 47.6 Å². The van der Waals surface area contributed by atoms with Gasteiger partial charge in [-0.05, 0) is 53.9 Å². The molecule has 4 heteroatoms. The third kappa shape index (κ3) is 4.88. The van der Waals surface area contributed by atoms with E-state index in [9.17, 15) is 4.79 Å². The average molecular weight is 361 g/mol. The second kappa shape index (κ2) is 8.90. The molecule has 0 radical (unpaired) electrons. The van der Waals surface area contributed by atoms with Gasteiger partial charge in [-0.3, -0.25) is 4.79 Å². The van der Waals surface area contributed by atoms with Crippen LogP contribution in [0.25, 0.3) is 11.1 Å². The smallest absolute Gasteiger partial charge is 0.265 e. The highest BCUT2D eigenvalue weighted by atomic mass is 16.5. The van der Waals surface area contributed by atoms with Crippen molar-refractivity contribution < 1.29 is 14.3 Å². The largest absolute Gasteiger partial charge is 0.497 e. The maximum atomic E-state index is 12.5. The summed E-state index contributed by atoms with van der Waals surface area (Å²) >= 11 is 0. The van der Waals surface area contributed by atoms with Crippen molar-refractivity contribution in [3.05, 3.63) is 78.9 Å². The fraction of sp³-hybridized carbons (Fsp3) is 0.174. The maximum Gasteiger partial charge on any atom is 0.265 e. The van der Waals surface area contributed by atoms with E-state index < -0.39 is 6.10 Å². The van der Waals surface area contributed by atoms with E-state index in [1.54, 1.807) is 31.4 Å². The van der Waals surface area contributed by atoms with E-state index in [4.69, 9.17) is 9.47 Å². The summed E-state index contributed by atoms with van der Waals surface area (Å²) in [6, 6.07) is 25.1. The quantitative estimate of drug-likeness (QED) is 0.632. The zero-order valence-corrected chi connectivity index (χ0v) is 15.5. The molecule has 0 aliphatic heterocycles. The van der Waals surface area contributed by atoms with Crippen molar-refractivity contribution in [2.75, 3.05) is 12.4 Å². The van der Waals surface area contributed by atoms with E-state index in [1.807, 2.05) is 49.4 Å². The van der Waals surface area contributed by atoms with Crippen LogP contribution in [-0.2, 0) is 4.79 Å². The van der Waals surface area contributed by atoms with Crippen LogP contribution in [0.1, 0.15) is 13.3 Å². The Bertz CT molecular complexity index is 858. The molecular weight excluding hydrogens is 338 g/mol. The molecule has 0 spiro atoms. The predicted molar refractivity (Wildman–Crippen MR) is 108 cm³/mol. The number of carbonyl (C=O) groups is 1. The monoisotopic (exact) mass is 361 g/mol. The average Bonchev–Trinajstić information content (AvgIpc) is 2.73. The molecule has 4 nitrogen and oxygen atoms in total. The van der Waals surface area contributed by atoms with Crippen LogP contribution in [0, 0.1) is 0 Å². The van der Waals surface area contributed by atoms with Crippen LogP contribution in [-0.4, -0.2) is 19.1 Å². The van der Waals surface area contributed by atoms with Crippen LogP contribution in [0.5, 0.6) is 11.5 Å². The Morgan fingerprint density at radius 2 is 1.44 bits per heavy atom. The number of amides is 1. The Morgan fingerprint density at radius 3 is 2.04 bits per heavy atom. The summed E-state index contributed by atoms with van der Waals surface area (Å²) in [6.45, 7) is 1.93. The molecule has 0 aliphatic carbocycles. The Labute approximate surface area is 159 Å². The first-order valence-electron chi connectivity index (χ1n) is 8.96. The predicted octanol–water partition coefficient (Wildman–Crippen LogP) is 5.16. The number of methoxy groups -OCH3 is 1. The summed E-state index contributed by atoms with van der Waals surface area (Å²) in [7, 11) is 1.61. The summed E-state index contributed by atoms with van der Waals surface area (Å²) < 4.78 is 11.0. The minimum Gasteiger partial charge on any atom is -0.497 e. The molecule has 0 aromatic heterocycles. The molecule has 3 aromatic carbocycles. The number of carbonyl (C=O) groups excluding carboxylic acids is 1. The van der Waals surface area contributed by atoms with Gasteiger partial charge >= 0.3 is 0 Å². The molecular formula is C23H23NO3. The van der Waals surface area contributed by atoms with Crippen molar-refractivity contribution in [2.24, 2.45) is 0 Å². The summed E-state index contributed by atoms with van der Waals surface area (Å²) in [5, 5.41) is 2.88. The molecule has 0 saturated carbocycles. The number of anilines is 1. The fourth-order valence-electron chi connectivity index (χ4n) is 2.74. The van der Waals surface area contributed by atoms with Crippen LogP contribution in [0.3, 0.4) is 0 Å². The Kier molecular flexibility index (Phi) is 6.10. The second-order valence-electron chi connectivity index (χ2n) is 6.12.